The van der Waals surface area contributed by atoms with Gasteiger partial charge in [0.25, 0.3) is 0 Å². The Balaban J connectivity index is 1.91. The molecule has 2 aromatic rings. The maximum Gasteiger partial charge on any atom is 0.110 e. The normalized spacial score (nSPS) is 22.4. The SMILES string of the molecule is CC(C)[C@H](C#N)NN1[C@H](c2ccccc2)CC[C@H]1c1ccccc1. The zero-order valence-corrected chi connectivity index (χ0v) is 14.4. The van der Waals surface area contributed by atoms with Crippen LogP contribution in [0, 0.1) is 17.2 Å². The van der Waals surface area contributed by atoms with E-state index in [1.54, 1.807) is 0 Å². The molecule has 124 valence electrons. The lowest BCUT2D eigenvalue weighted by atomic mass is 10.0. The highest BCUT2D eigenvalue weighted by molar-refractivity contribution is 5.25. The van der Waals surface area contributed by atoms with Gasteiger partial charge in [-0.3, -0.25) is 0 Å². The second kappa shape index (κ2) is 7.61. The number of hydrogen-bond acceptors (Lipinski definition) is 3. The Morgan fingerprint density at radius 2 is 1.38 bits per heavy atom. The predicted molar refractivity (Wildman–Crippen MR) is 96.8 cm³/mol. The fourth-order valence-corrected chi connectivity index (χ4v) is 3.48. The summed E-state index contributed by atoms with van der Waals surface area (Å²) in [5, 5.41) is 11.8. The molecule has 3 rings (SSSR count). The Bertz CT molecular complexity index is 628. The van der Waals surface area contributed by atoms with Crippen molar-refractivity contribution in [2.24, 2.45) is 5.92 Å². The minimum atomic E-state index is -0.180. The zero-order valence-electron chi connectivity index (χ0n) is 14.4. The van der Waals surface area contributed by atoms with Crippen molar-refractivity contribution in [3.8, 4) is 6.07 Å². The summed E-state index contributed by atoms with van der Waals surface area (Å²) < 4.78 is 0. The van der Waals surface area contributed by atoms with Gasteiger partial charge < -0.3 is 0 Å². The van der Waals surface area contributed by atoms with Crippen molar-refractivity contribution in [3.05, 3.63) is 71.8 Å². The summed E-state index contributed by atoms with van der Waals surface area (Å²) in [6, 6.07) is 24.0. The molecule has 0 spiro atoms. The van der Waals surface area contributed by atoms with Gasteiger partial charge in [-0.15, -0.1) is 0 Å². The number of benzene rings is 2. The van der Waals surface area contributed by atoms with Crippen LogP contribution in [0.15, 0.2) is 60.7 Å². The van der Waals surface area contributed by atoms with Gasteiger partial charge in [-0.05, 0) is 29.9 Å². The van der Waals surface area contributed by atoms with E-state index in [0.29, 0.717) is 12.1 Å². The molecule has 1 heterocycles. The minimum absolute atomic E-state index is 0.180. The Morgan fingerprint density at radius 1 is 0.917 bits per heavy atom. The maximum absolute atomic E-state index is 9.53. The molecule has 2 aromatic carbocycles. The van der Waals surface area contributed by atoms with E-state index in [9.17, 15) is 5.26 Å². The molecule has 0 aliphatic carbocycles. The summed E-state index contributed by atoms with van der Waals surface area (Å²) in [4.78, 5) is 0. The monoisotopic (exact) mass is 319 g/mol. The quantitative estimate of drug-likeness (QED) is 0.874. The Kier molecular flexibility index (Phi) is 5.30. The van der Waals surface area contributed by atoms with Crippen LogP contribution in [0.4, 0.5) is 0 Å². The lowest BCUT2D eigenvalue weighted by Gasteiger charge is -2.34. The van der Waals surface area contributed by atoms with Gasteiger partial charge in [-0.1, -0.05) is 74.5 Å². The van der Waals surface area contributed by atoms with Crippen LogP contribution in [0.25, 0.3) is 0 Å². The first-order valence-electron chi connectivity index (χ1n) is 8.74. The van der Waals surface area contributed by atoms with Crippen molar-refractivity contribution in [1.29, 1.82) is 5.26 Å². The number of nitrogens with one attached hydrogen (secondary N) is 1. The molecule has 0 bridgehead atoms. The number of hydrazine groups is 1. The van der Waals surface area contributed by atoms with Crippen molar-refractivity contribution in [2.45, 2.75) is 44.8 Å². The molecule has 1 fully saturated rings. The summed E-state index contributed by atoms with van der Waals surface area (Å²) in [6.07, 6.45) is 2.18. The minimum Gasteiger partial charge on any atom is -0.236 e. The second-order valence-electron chi connectivity index (χ2n) is 6.82. The van der Waals surface area contributed by atoms with E-state index in [0.717, 1.165) is 12.8 Å². The number of nitrogens with zero attached hydrogens (tertiary/aromatic N) is 2. The van der Waals surface area contributed by atoms with Gasteiger partial charge in [0.1, 0.15) is 6.04 Å². The maximum atomic E-state index is 9.53. The Hall–Kier alpha value is -2.15. The van der Waals surface area contributed by atoms with Crippen LogP contribution in [0.1, 0.15) is 49.9 Å². The first kappa shape index (κ1) is 16.7. The highest BCUT2D eigenvalue weighted by atomic mass is 15.6. The fraction of sp³-hybridized carbons (Fsp3) is 0.381. The summed E-state index contributed by atoms with van der Waals surface area (Å²) in [7, 11) is 0. The van der Waals surface area contributed by atoms with Crippen molar-refractivity contribution in [2.75, 3.05) is 0 Å². The number of hydrogen-bond donors (Lipinski definition) is 1. The van der Waals surface area contributed by atoms with Gasteiger partial charge in [0.2, 0.25) is 0 Å². The van der Waals surface area contributed by atoms with E-state index in [4.69, 9.17) is 0 Å². The molecule has 3 heteroatoms. The van der Waals surface area contributed by atoms with Gasteiger partial charge >= 0.3 is 0 Å². The van der Waals surface area contributed by atoms with Crippen molar-refractivity contribution in [3.63, 3.8) is 0 Å². The topological polar surface area (TPSA) is 39.1 Å². The third-order valence-corrected chi connectivity index (χ3v) is 4.85. The highest BCUT2D eigenvalue weighted by Gasteiger charge is 2.36. The van der Waals surface area contributed by atoms with Gasteiger partial charge in [0.05, 0.1) is 18.2 Å². The van der Waals surface area contributed by atoms with Crippen LogP contribution in [0.2, 0.25) is 0 Å². The molecule has 1 saturated heterocycles. The van der Waals surface area contributed by atoms with E-state index in [2.05, 4.69) is 91.0 Å². The van der Waals surface area contributed by atoms with Crippen molar-refractivity contribution >= 4 is 0 Å². The van der Waals surface area contributed by atoms with Gasteiger partial charge in [-0.25, -0.2) is 10.4 Å². The highest BCUT2D eigenvalue weighted by Crippen LogP contribution is 2.42. The van der Waals surface area contributed by atoms with Crippen LogP contribution in [-0.2, 0) is 0 Å². The van der Waals surface area contributed by atoms with E-state index in [-0.39, 0.29) is 12.0 Å². The summed E-state index contributed by atoms with van der Waals surface area (Å²) in [5.41, 5.74) is 6.15. The molecule has 0 amide bonds. The molecule has 0 unspecified atom stereocenters. The average molecular weight is 319 g/mol. The first-order valence-corrected chi connectivity index (χ1v) is 8.74. The molecule has 3 atom stereocenters. The smallest absolute Gasteiger partial charge is 0.110 e. The van der Waals surface area contributed by atoms with E-state index >= 15 is 0 Å². The Morgan fingerprint density at radius 3 is 1.75 bits per heavy atom. The summed E-state index contributed by atoms with van der Waals surface area (Å²) in [6.45, 7) is 4.18. The third kappa shape index (κ3) is 3.51. The van der Waals surface area contributed by atoms with Crippen molar-refractivity contribution in [1.82, 2.24) is 10.4 Å². The molecule has 1 aliphatic heterocycles. The van der Waals surface area contributed by atoms with Gasteiger partial charge in [-0.2, -0.15) is 5.26 Å². The van der Waals surface area contributed by atoms with Crippen LogP contribution in [0.5, 0.6) is 0 Å². The lowest BCUT2D eigenvalue weighted by molar-refractivity contribution is 0.0940. The predicted octanol–water partition coefficient (Wildman–Crippen LogP) is 4.62. The van der Waals surface area contributed by atoms with Crippen molar-refractivity contribution < 1.29 is 0 Å². The van der Waals surface area contributed by atoms with E-state index < -0.39 is 0 Å². The van der Waals surface area contributed by atoms with E-state index in [1.165, 1.54) is 11.1 Å². The standard InChI is InChI=1S/C21H25N3/c1-16(2)19(15-22)23-24-20(17-9-5-3-6-10-17)13-14-21(24)18-11-7-4-8-12-18/h3-12,16,19-21,23H,13-14H2,1-2H3/t19-,20-,21-/m0/s1. The molecular formula is C21H25N3. The van der Waals surface area contributed by atoms with E-state index in [1.807, 2.05) is 0 Å². The number of nitriles is 1. The molecule has 24 heavy (non-hydrogen) atoms. The van der Waals surface area contributed by atoms with Crippen LogP contribution >= 0.6 is 0 Å². The van der Waals surface area contributed by atoms with Crippen LogP contribution in [0.3, 0.4) is 0 Å². The summed E-state index contributed by atoms with van der Waals surface area (Å²) >= 11 is 0. The zero-order chi connectivity index (χ0) is 16.9. The lowest BCUT2D eigenvalue weighted by Crippen LogP contribution is -2.47. The van der Waals surface area contributed by atoms with Crippen LogP contribution in [-0.4, -0.2) is 11.1 Å². The Labute approximate surface area is 144 Å². The molecule has 0 saturated carbocycles. The van der Waals surface area contributed by atoms with Gasteiger partial charge in [0.15, 0.2) is 0 Å². The average Bonchev–Trinajstić information content (AvgIpc) is 3.04. The molecule has 0 radical (unpaired) electrons. The first-order chi connectivity index (χ1) is 11.7. The molecule has 3 nitrogen and oxygen atoms in total. The van der Waals surface area contributed by atoms with Crippen LogP contribution < -0.4 is 5.43 Å². The molecule has 1 aliphatic rings. The fourth-order valence-electron chi connectivity index (χ4n) is 3.48. The largest absolute Gasteiger partial charge is 0.236 e. The summed E-state index contributed by atoms with van der Waals surface area (Å²) in [5.74, 6) is 0.267. The molecular weight excluding hydrogens is 294 g/mol. The third-order valence-electron chi connectivity index (χ3n) is 4.85. The molecule has 1 N–H and O–H groups in total. The number of rotatable bonds is 5. The van der Waals surface area contributed by atoms with Gasteiger partial charge in [0, 0.05) is 0 Å². The second-order valence-corrected chi connectivity index (χ2v) is 6.82. The molecule has 0 aromatic heterocycles.